The number of hydrogen-bond donors (Lipinski definition) is 1. The summed E-state index contributed by atoms with van der Waals surface area (Å²) < 4.78 is 10.4. The normalized spacial score (nSPS) is 13.8. The van der Waals surface area contributed by atoms with Crippen molar-refractivity contribution < 1.29 is 14.6 Å². The Kier molecular flexibility index (Phi) is 4.77. The Morgan fingerprint density at radius 3 is 2.62 bits per heavy atom. The number of aliphatic hydroxyl groups is 1. The van der Waals surface area contributed by atoms with E-state index in [0.717, 1.165) is 17.0 Å². The maximum absolute atomic E-state index is 9.99. The molecular weight excluding hydrogens is 224 g/mol. The van der Waals surface area contributed by atoms with E-state index in [9.17, 15) is 5.11 Å². The summed E-state index contributed by atoms with van der Waals surface area (Å²) in [7, 11) is 3.33. The van der Waals surface area contributed by atoms with Crippen molar-refractivity contribution in [1.29, 1.82) is 0 Å². The van der Waals surface area contributed by atoms with Gasteiger partial charge in [0.15, 0.2) is 0 Å². The largest absolute Gasteiger partial charge is 0.496 e. The quantitative estimate of drug-likeness (QED) is 0.836. The van der Waals surface area contributed by atoms with Crippen LogP contribution in [0.2, 0.25) is 0 Å². The first-order valence-electron chi connectivity index (χ1n) is 5.34. The zero-order valence-electron chi connectivity index (χ0n) is 10.3. The summed E-state index contributed by atoms with van der Waals surface area (Å²) in [4.78, 5) is 0.948. The molecule has 0 spiro atoms. The standard InChI is InChI=1S/C12H20O3S/c1-12(2,15-4)6-5-10(13)11-7-9(14-3)8-16-11/h7-8,10,13H,5-6H2,1-4H3. The van der Waals surface area contributed by atoms with Gasteiger partial charge in [-0.05, 0) is 32.8 Å². The van der Waals surface area contributed by atoms with E-state index in [0.29, 0.717) is 6.42 Å². The van der Waals surface area contributed by atoms with Crippen molar-refractivity contribution in [2.45, 2.75) is 38.4 Å². The molecule has 0 bridgehead atoms. The van der Waals surface area contributed by atoms with Gasteiger partial charge < -0.3 is 14.6 Å². The van der Waals surface area contributed by atoms with Crippen molar-refractivity contribution in [3.05, 3.63) is 16.3 Å². The maximum atomic E-state index is 9.99. The average molecular weight is 244 g/mol. The Morgan fingerprint density at radius 2 is 2.12 bits per heavy atom. The fourth-order valence-electron chi connectivity index (χ4n) is 1.34. The summed E-state index contributed by atoms with van der Waals surface area (Å²) in [6.07, 6.45) is 1.10. The minimum Gasteiger partial charge on any atom is -0.496 e. The topological polar surface area (TPSA) is 38.7 Å². The van der Waals surface area contributed by atoms with Gasteiger partial charge in [-0.3, -0.25) is 0 Å². The van der Waals surface area contributed by atoms with Crippen molar-refractivity contribution >= 4 is 11.3 Å². The van der Waals surface area contributed by atoms with E-state index in [1.165, 1.54) is 11.3 Å². The lowest BCUT2D eigenvalue weighted by Gasteiger charge is -2.23. The molecule has 0 saturated carbocycles. The molecule has 16 heavy (non-hydrogen) atoms. The molecule has 3 nitrogen and oxygen atoms in total. The van der Waals surface area contributed by atoms with E-state index in [1.807, 2.05) is 25.3 Å². The predicted octanol–water partition coefficient (Wildman–Crippen LogP) is 3.00. The number of aliphatic hydroxyl groups excluding tert-OH is 1. The van der Waals surface area contributed by atoms with Crippen molar-refractivity contribution in [1.82, 2.24) is 0 Å². The molecule has 0 radical (unpaired) electrons. The smallest absolute Gasteiger partial charge is 0.129 e. The van der Waals surface area contributed by atoms with Gasteiger partial charge in [-0.1, -0.05) is 0 Å². The minimum absolute atomic E-state index is 0.178. The monoisotopic (exact) mass is 244 g/mol. The minimum atomic E-state index is -0.427. The van der Waals surface area contributed by atoms with E-state index >= 15 is 0 Å². The Bertz CT molecular complexity index is 320. The van der Waals surface area contributed by atoms with Crippen LogP contribution in [0.4, 0.5) is 0 Å². The molecule has 92 valence electrons. The third-order valence-corrected chi connectivity index (χ3v) is 3.74. The molecule has 0 fully saturated rings. The Labute approximate surface area is 101 Å². The average Bonchev–Trinajstić information content (AvgIpc) is 2.74. The molecule has 0 aromatic carbocycles. The molecule has 1 atom stereocenters. The van der Waals surface area contributed by atoms with Crippen LogP contribution in [-0.2, 0) is 4.74 Å². The van der Waals surface area contributed by atoms with Crippen LogP contribution in [-0.4, -0.2) is 24.9 Å². The van der Waals surface area contributed by atoms with Crippen LogP contribution >= 0.6 is 11.3 Å². The zero-order chi connectivity index (χ0) is 12.2. The highest BCUT2D eigenvalue weighted by Gasteiger charge is 2.19. The second kappa shape index (κ2) is 5.66. The van der Waals surface area contributed by atoms with Gasteiger partial charge in [0, 0.05) is 17.4 Å². The number of hydrogen-bond acceptors (Lipinski definition) is 4. The molecule has 0 amide bonds. The van der Waals surface area contributed by atoms with Crippen molar-refractivity contribution in [2.24, 2.45) is 0 Å². The van der Waals surface area contributed by atoms with Crippen LogP contribution in [0.1, 0.15) is 37.7 Å². The summed E-state index contributed by atoms with van der Waals surface area (Å²) in [5.41, 5.74) is -0.178. The second-order valence-electron chi connectivity index (χ2n) is 4.41. The van der Waals surface area contributed by atoms with E-state index in [2.05, 4.69) is 0 Å². The molecular formula is C12H20O3S. The third-order valence-electron chi connectivity index (χ3n) is 2.73. The molecule has 1 aromatic rings. The molecule has 1 heterocycles. The van der Waals surface area contributed by atoms with E-state index in [-0.39, 0.29) is 5.60 Å². The van der Waals surface area contributed by atoms with Crippen LogP contribution in [0.15, 0.2) is 11.4 Å². The van der Waals surface area contributed by atoms with Crippen LogP contribution in [0.5, 0.6) is 5.75 Å². The number of ether oxygens (including phenoxy) is 2. The number of methoxy groups -OCH3 is 2. The van der Waals surface area contributed by atoms with Gasteiger partial charge in [-0.2, -0.15) is 0 Å². The van der Waals surface area contributed by atoms with Crippen molar-refractivity contribution in [2.75, 3.05) is 14.2 Å². The predicted molar refractivity (Wildman–Crippen MR) is 66.2 cm³/mol. The van der Waals surface area contributed by atoms with Crippen LogP contribution < -0.4 is 4.74 Å². The lowest BCUT2D eigenvalue weighted by atomic mass is 9.99. The van der Waals surface area contributed by atoms with Gasteiger partial charge in [0.1, 0.15) is 5.75 Å². The summed E-state index contributed by atoms with van der Waals surface area (Å²) >= 11 is 1.52. The maximum Gasteiger partial charge on any atom is 0.129 e. The van der Waals surface area contributed by atoms with E-state index in [1.54, 1.807) is 14.2 Å². The highest BCUT2D eigenvalue weighted by molar-refractivity contribution is 7.10. The summed E-state index contributed by atoms with van der Waals surface area (Å²) in [6.45, 7) is 4.05. The molecule has 1 unspecified atom stereocenters. The first-order valence-corrected chi connectivity index (χ1v) is 6.22. The molecule has 1 N–H and O–H groups in total. The van der Waals surface area contributed by atoms with Gasteiger partial charge in [0.05, 0.1) is 18.8 Å². The van der Waals surface area contributed by atoms with Gasteiger partial charge in [0.2, 0.25) is 0 Å². The van der Waals surface area contributed by atoms with Crippen LogP contribution in [0.25, 0.3) is 0 Å². The SMILES string of the molecule is COc1csc(C(O)CCC(C)(C)OC)c1. The molecule has 0 aliphatic rings. The fraction of sp³-hybridized carbons (Fsp3) is 0.667. The Hall–Kier alpha value is -0.580. The molecule has 1 aromatic heterocycles. The lowest BCUT2D eigenvalue weighted by Crippen LogP contribution is -2.22. The van der Waals surface area contributed by atoms with Crippen molar-refractivity contribution in [3.63, 3.8) is 0 Å². The van der Waals surface area contributed by atoms with Gasteiger partial charge in [0.25, 0.3) is 0 Å². The zero-order valence-corrected chi connectivity index (χ0v) is 11.1. The molecule has 0 aliphatic heterocycles. The molecule has 0 saturated heterocycles. The summed E-state index contributed by atoms with van der Waals surface area (Å²) in [5.74, 6) is 0.810. The van der Waals surface area contributed by atoms with Crippen LogP contribution in [0, 0.1) is 0 Å². The summed E-state index contributed by atoms with van der Waals surface area (Å²) in [6, 6.07) is 1.88. The first-order chi connectivity index (χ1) is 7.48. The van der Waals surface area contributed by atoms with Crippen LogP contribution in [0.3, 0.4) is 0 Å². The first kappa shape index (κ1) is 13.5. The van der Waals surface area contributed by atoms with E-state index in [4.69, 9.17) is 9.47 Å². The third kappa shape index (κ3) is 3.77. The Balaban J connectivity index is 2.49. The highest BCUT2D eigenvalue weighted by Crippen LogP contribution is 2.31. The molecule has 1 rings (SSSR count). The van der Waals surface area contributed by atoms with Gasteiger partial charge in [-0.15, -0.1) is 11.3 Å². The lowest BCUT2D eigenvalue weighted by molar-refractivity contribution is 0.00309. The van der Waals surface area contributed by atoms with E-state index < -0.39 is 6.10 Å². The summed E-state index contributed by atoms with van der Waals surface area (Å²) in [5, 5.41) is 11.9. The number of rotatable bonds is 6. The highest BCUT2D eigenvalue weighted by atomic mass is 32.1. The number of thiophene rings is 1. The molecule has 0 aliphatic carbocycles. The molecule has 4 heteroatoms. The Morgan fingerprint density at radius 1 is 1.44 bits per heavy atom. The van der Waals surface area contributed by atoms with Gasteiger partial charge >= 0.3 is 0 Å². The second-order valence-corrected chi connectivity index (χ2v) is 5.35. The fourth-order valence-corrected chi connectivity index (χ4v) is 2.22. The van der Waals surface area contributed by atoms with Crippen molar-refractivity contribution in [3.8, 4) is 5.75 Å². The van der Waals surface area contributed by atoms with Gasteiger partial charge in [-0.25, -0.2) is 0 Å².